The number of rotatable bonds is 2. The van der Waals surface area contributed by atoms with E-state index in [0.29, 0.717) is 10.0 Å². The lowest BCUT2D eigenvalue weighted by molar-refractivity contribution is 0.103. The molecule has 3 heterocycles. The van der Waals surface area contributed by atoms with E-state index >= 15 is 0 Å². The molecule has 0 saturated carbocycles. The molecule has 0 aliphatic carbocycles. The largest absolute Gasteiger partial charge is 0.297 e. The third-order valence-corrected chi connectivity index (χ3v) is 6.38. The van der Waals surface area contributed by atoms with Gasteiger partial charge in [-0.15, -0.1) is 22.7 Å². The van der Waals surface area contributed by atoms with E-state index in [1.165, 1.54) is 16.2 Å². The van der Waals surface area contributed by atoms with Gasteiger partial charge in [0.2, 0.25) is 0 Å². The van der Waals surface area contributed by atoms with Crippen molar-refractivity contribution in [2.45, 2.75) is 39.3 Å². The van der Waals surface area contributed by atoms with E-state index in [1.807, 2.05) is 11.4 Å². The minimum Gasteiger partial charge on any atom is -0.297 e. The van der Waals surface area contributed by atoms with Gasteiger partial charge >= 0.3 is 0 Å². The first kappa shape index (κ1) is 16.1. The number of amides is 1. The zero-order valence-electron chi connectivity index (χ0n) is 12.8. The topological polar surface area (TPSA) is 45.2 Å². The van der Waals surface area contributed by atoms with Gasteiger partial charge < -0.3 is 0 Å². The minimum absolute atomic E-state index is 0.0884. The van der Waals surface area contributed by atoms with Crippen LogP contribution in [0.25, 0.3) is 0 Å². The number of hydrogen-bond donors (Lipinski definition) is 1. The summed E-state index contributed by atoms with van der Waals surface area (Å²) in [6, 6.07) is 1.83. The zero-order valence-corrected chi connectivity index (χ0v) is 16.0. The van der Waals surface area contributed by atoms with Crippen molar-refractivity contribution in [3.05, 3.63) is 31.4 Å². The first-order valence-corrected chi connectivity index (χ1v) is 9.61. The van der Waals surface area contributed by atoms with Gasteiger partial charge in [-0.1, -0.05) is 0 Å². The molecule has 0 atom stereocenters. The highest BCUT2D eigenvalue weighted by Crippen LogP contribution is 2.31. The molecule has 1 aliphatic heterocycles. The molecule has 118 valence electrons. The molecule has 1 amide bonds. The molecule has 2 aromatic heterocycles. The third kappa shape index (κ3) is 3.42. The first-order chi connectivity index (χ1) is 10.3. The lowest BCUT2D eigenvalue weighted by atomic mass is 10.0. The second-order valence-electron chi connectivity index (χ2n) is 6.31. The van der Waals surface area contributed by atoms with Crippen molar-refractivity contribution < 1.29 is 4.79 Å². The van der Waals surface area contributed by atoms with Gasteiger partial charge in [0.15, 0.2) is 5.13 Å². The monoisotopic (exact) mass is 399 g/mol. The van der Waals surface area contributed by atoms with Crippen molar-refractivity contribution >= 4 is 49.6 Å². The van der Waals surface area contributed by atoms with E-state index in [9.17, 15) is 4.79 Å². The van der Waals surface area contributed by atoms with Crippen LogP contribution in [0.5, 0.6) is 0 Å². The second kappa shape index (κ2) is 6.03. The van der Waals surface area contributed by atoms with Crippen molar-refractivity contribution in [1.29, 1.82) is 0 Å². The highest BCUT2D eigenvalue weighted by molar-refractivity contribution is 9.10. The number of hydrogen-bond acceptors (Lipinski definition) is 5. The second-order valence-corrected chi connectivity index (χ2v) is 9.23. The molecule has 0 fully saturated rings. The molecular formula is C15H18BrN3OS2. The van der Waals surface area contributed by atoms with Crippen LogP contribution in [0.1, 0.15) is 41.0 Å². The Hall–Kier alpha value is -0.760. The number of nitrogens with one attached hydrogen (secondary N) is 1. The molecule has 22 heavy (non-hydrogen) atoms. The number of thiazole rings is 1. The highest BCUT2D eigenvalue weighted by atomic mass is 79.9. The molecule has 7 heteroatoms. The Morgan fingerprint density at radius 1 is 1.45 bits per heavy atom. The summed E-state index contributed by atoms with van der Waals surface area (Å²) >= 11 is 6.39. The summed E-state index contributed by atoms with van der Waals surface area (Å²) in [4.78, 5) is 21.2. The standard InChI is InChI=1S/C15H18BrN3OS2/c1-15(2,3)19-5-4-10-12(7-19)22-14(17-10)18-13(20)11-6-9(16)8-21-11/h6,8H,4-5,7H2,1-3H3,(H,17,18,20). The molecule has 0 unspecified atom stereocenters. The fourth-order valence-corrected chi connectivity index (χ4v) is 4.75. The number of halogens is 1. The molecule has 1 N–H and O–H groups in total. The fourth-order valence-electron chi connectivity index (χ4n) is 2.41. The van der Waals surface area contributed by atoms with Crippen molar-refractivity contribution in [1.82, 2.24) is 9.88 Å². The average Bonchev–Trinajstić information content (AvgIpc) is 3.02. The Bertz CT molecular complexity index is 702. The van der Waals surface area contributed by atoms with Gasteiger partial charge in [-0.2, -0.15) is 0 Å². The van der Waals surface area contributed by atoms with Gasteiger partial charge in [0, 0.05) is 39.8 Å². The SMILES string of the molecule is CC(C)(C)N1CCc2nc(NC(=O)c3cc(Br)cs3)sc2C1. The van der Waals surface area contributed by atoms with Crippen LogP contribution in [-0.2, 0) is 13.0 Å². The van der Waals surface area contributed by atoms with E-state index < -0.39 is 0 Å². The quantitative estimate of drug-likeness (QED) is 0.814. The lowest BCUT2D eigenvalue weighted by Crippen LogP contribution is -2.43. The van der Waals surface area contributed by atoms with Crippen LogP contribution in [0, 0.1) is 0 Å². The minimum atomic E-state index is -0.0884. The number of nitrogens with zero attached hydrogens (tertiary/aromatic N) is 2. The number of fused-ring (bicyclic) bond motifs is 1. The van der Waals surface area contributed by atoms with Gasteiger partial charge in [0.25, 0.3) is 5.91 Å². The Morgan fingerprint density at radius 3 is 2.86 bits per heavy atom. The molecular weight excluding hydrogens is 382 g/mol. The van der Waals surface area contributed by atoms with Crippen molar-refractivity contribution in [2.75, 3.05) is 11.9 Å². The molecule has 0 bridgehead atoms. The Morgan fingerprint density at radius 2 is 2.23 bits per heavy atom. The highest BCUT2D eigenvalue weighted by Gasteiger charge is 2.28. The molecule has 0 radical (unpaired) electrons. The van der Waals surface area contributed by atoms with Crippen molar-refractivity contribution in [3.63, 3.8) is 0 Å². The Balaban J connectivity index is 1.73. The number of anilines is 1. The van der Waals surface area contributed by atoms with Crippen molar-refractivity contribution in [3.8, 4) is 0 Å². The predicted molar refractivity (Wildman–Crippen MR) is 96.0 cm³/mol. The van der Waals surface area contributed by atoms with Crippen molar-refractivity contribution in [2.24, 2.45) is 0 Å². The fraction of sp³-hybridized carbons (Fsp3) is 0.467. The van der Waals surface area contributed by atoms with Crippen LogP contribution < -0.4 is 5.32 Å². The number of thiophene rings is 1. The van der Waals surface area contributed by atoms with Gasteiger partial charge in [-0.25, -0.2) is 4.98 Å². The first-order valence-electron chi connectivity index (χ1n) is 7.12. The van der Waals surface area contributed by atoms with Crippen LogP contribution in [0.4, 0.5) is 5.13 Å². The number of carbonyl (C=O) groups is 1. The zero-order chi connectivity index (χ0) is 15.9. The molecule has 0 spiro atoms. The van der Waals surface area contributed by atoms with Crippen LogP contribution >= 0.6 is 38.6 Å². The van der Waals surface area contributed by atoms with Crippen LogP contribution in [0.15, 0.2) is 15.9 Å². The summed E-state index contributed by atoms with van der Waals surface area (Å²) in [6.07, 6.45) is 0.948. The smallest absolute Gasteiger partial charge is 0.267 e. The molecule has 2 aromatic rings. The lowest BCUT2D eigenvalue weighted by Gasteiger charge is -2.37. The van der Waals surface area contributed by atoms with Crippen LogP contribution in [0.2, 0.25) is 0 Å². The maximum atomic E-state index is 12.2. The van der Waals surface area contributed by atoms with E-state index in [4.69, 9.17) is 0 Å². The van der Waals surface area contributed by atoms with Gasteiger partial charge in [0.1, 0.15) is 0 Å². The summed E-state index contributed by atoms with van der Waals surface area (Å²) in [5.74, 6) is -0.0884. The van der Waals surface area contributed by atoms with E-state index in [1.54, 1.807) is 11.3 Å². The maximum Gasteiger partial charge on any atom is 0.267 e. The summed E-state index contributed by atoms with van der Waals surface area (Å²) in [6.45, 7) is 8.63. The maximum absolute atomic E-state index is 12.2. The summed E-state index contributed by atoms with van der Waals surface area (Å²) < 4.78 is 0.932. The van der Waals surface area contributed by atoms with Crippen LogP contribution in [0.3, 0.4) is 0 Å². The summed E-state index contributed by atoms with van der Waals surface area (Å²) in [5, 5.41) is 5.53. The average molecular weight is 400 g/mol. The van der Waals surface area contributed by atoms with Gasteiger partial charge in [-0.3, -0.25) is 15.0 Å². The van der Waals surface area contributed by atoms with Crippen LogP contribution in [-0.4, -0.2) is 27.9 Å². The number of carbonyl (C=O) groups excluding carboxylic acids is 1. The summed E-state index contributed by atoms with van der Waals surface area (Å²) in [5.41, 5.74) is 1.29. The van der Waals surface area contributed by atoms with Gasteiger partial charge in [0.05, 0.1) is 10.6 Å². The molecule has 4 nitrogen and oxygen atoms in total. The van der Waals surface area contributed by atoms with Gasteiger partial charge in [-0.05, 0) is 42.8 Å². The Kier molecular flexibility index (Phi) is 4.42. The molecule has 0 aromatic carbocycles. The predicted octanol–water partition coefficient (Wildman–Crippen LogP) is 4.38. The normalized spacial score (nSPS) is 15.6. The third-order valence-electron chi connectivity index (χ3n) is 3.69. The molecule has 3 rings (SSSR count). The van der Waals surface area contributed by atoms with E-state index in [-0.39, 0.29) is 11.4 Å². The number of aromatic nitrogens is 1. The summed E-state index contributed by atoms with van der Waals surface area (Å²) in [7, 11) is 0. The van der Waals surface area contributed by atoms with E-state index in [0.717, 1.165) is 29.7 Å². The molecule has 1 aliphatic rings. The molecule has 0 saturated heterocycles. The Labute approximate surface area is 146 Å². The van der Waals surface area contributed by atoms with E-state index in [2.05, 4.69) is 51.9 Å².